The van der Waals surface area contributed by atoms with Crippen molar-refractivity contribution < 1.29 is 14.7 Å². The van der Waals surface area contributed by atoms with E-state index in [4.69, 9.17) is 4.98 Å². The molecular formula is C27H34N6O3S. The first-order valence-electron chi connectivity index (χ1n) is 12.9. The Labute approximate surface area is 221 Å². The maximum atomic E-state index is 13.2. The van der Waals surface area contributed by atoms with Crippen LogP contribution >= 0.6 is 11.3 Å². The molecular weight excluding hydrogens is 488 g/mol. The van der Waals surface area contributed by atoms with Gasteiger partial charge in [0, 0.05) is 49.9 Å². The highest BCUT2D eigenvalue weighted by Crippen LogP contribution is 2.40. The smallest absolute Gasteiger partial charge is 0.304 e. The lowest BCUT2D eigenvalue weighted by molar-refractivity contribution is -0.145. The number of likely N-dealkylation sites (N-methyl/N-ethyl adjacent to an activating group) is 1. The van der Waals surface area contributed by atoms with Crippen LogP contribution in [0.25, 0.3) is 11.3 Å². The number of benzene rings is 1. The summed E-state index contributed by atoms with van der Waals surface area (Å²) in [6.45, 7) is 6.75. The van der Waals surface area contributed by atoms with Gasteiger partial charge in [-0.3, -0.25) is 14.3 Å². The fraction of sp³-hybridized carbons (Fsp3) is 0.481. The number of aromatic nitrogens is 3. The molecule has 3 aromatic rings. The Morgan fingerprint density at radius 3 is 2.54 bits per heavy atom. The first-order chi connectivity index (χ1) is 17.9. The molecule has 0 radical (unpaired) electrons. The summed E-state index contributed by atoms with van der Waals surface area (Å²) in [5.74, 6) is -1.18. The molecule has 37 heavy (non-hydrogen) atoms. The number of aliphatic carboxylic acids is 1. The van der Waals surface area contributed by atoms with Crippen molar-refractivity contribution in [2.24, 2.45) is 5.41 Å². The monoisotopic (exact) mass is 522 g/mol. The van der Waals surface area contributed by atoms with Crippen molar-refractivity contribution in [3.05, 3.63) is 58.2 Å². The van der Waals surface area contributed by atoms with Gasteiger partial charge in [0.1, 0.15) is 5.01 Å². The molecule has 0 atom stereocenters. The molecule has 10 heteroatoms. The third-order valence-corrected chi connectivity index (χ3v) is 8.33. The van der Waals surface area contributed by atoms with Crippen molar-refractivity contribution in [2.75, 3.05) is 39.8 Å². The van der Waals surface area contributed by atoms with E-state index >= 15 is 0 Å². The van der Waals surface area contributed by atoms with E-state index in [9.17, 15) is 14.7 Å². The molecule has 1 amide bonds. The quantitative estimate of drug-likeness (QED) is 0.422. The van der Waals surface area contributed by atoms with Gasteiger partial charge in [-0.2, -0.15) is 5.10 Å². The van der Waals surface area contributed by atoms with E-state index in [0.717, 1.165) is 73.1 Å². The first kappa shape index (κ1) is 25.6. The second kappa shape index (κ2) is 11.1. The zero-order chi connectivity index (χ0) is 25.8. The normalized spacial score (nSPS) is 17.5. The molecule has 1 aromatic carbocycles. The van der Waals surface area contributed by atoms with Crippen LogP contribution in [0.3, 0.4) is 0 Å². The molecule has 2 N–H and O–H groups in total. The van der Waals surface area contributed by atoms with Crippen LogP contribution in [0.2, 0.25) is 0 Å². The first-order valence-corrected chi connectivity index (χ1v) is 13.7. The number of carboxylic acids is 1. The average Bonchev–Trinajstić information content (AvgIpc) is 3.62. The van der Waals surface area contributed by atoms with Crippen molar-refractivity contribution in [3.8, 4) is 11.3 Å². The number of nitrogens with one attached hydrogen (secondary N) is 1. The highest BCUT2D eigenvalue weighted by molar-refractivity contribution is 7.09. The number of carbonyl (C=O) groups excluding carboxylic acids is 1. The minimum atomic E-state index is -0.958. The fourth-order valence-corrected chi connectivity index (χ4v) is 6.11. The number of rotatable bonds is 10. The molecule has 1 aliphatic heterocycles. The molecule has 1 fully saturated rings. The molecule has 1 saturated heterocycles. The molecule has 2 aliphatic rings. The van der Waals surface area contributed by atoms with E-state index in [1.807, 2.05) is 46.7 Å². The van der Waals surface area contributed by atoms with E-state index < -0.39 is 11.4 Å². The number of hydrogen-bond acceptors (Lipinski definition) is 7. The zero-order valence-electron chi connectivity index (χ0n) is 21.2. The molecule has 2 aromatic heterocycles. The maximum absolute atomic E-state index is 13.2. The van der Waals surface area contributed by atoms with Gasteiger partial charge < -0.3 is 20.2 Å². The number of thiazole rings is 1. The molecule has 1 aliphatic carbocycles. The minimum absolute atomic E-state index is 0.190. The number of piperazine rings is 1. The Bertz CT molecular complexity index is 1220. The second-order valence-corrected chi connectivity index (χ2v) is 11.2. The Balaban J connectivity index is 1.14. The Hall–Kier alpha value is -3.08. The predicted molar refractivity (Wildman–Crippen MR) is 142 cm³/mol. The number of amides is 1. The highest BCUT2D eigenvalue weighted by atomic mass is 32.1. The summed E-state index contributed by atoms with van der Waals surface area (Å²) in [4.78, 5) is 34.4. The van der Waals surface area contributed by atoms with Crippen LogP contribution in [-0.4, -0.2) is 81.3 Å². The number of fused-ring (bicyclic) bond motifs is 1. The van der Waals surface area contributed by atoms with Crippen molar-refractivity contribution in [1.82, 2.24) is 29.9 Å². The van der Waals surface area contributed by atoms with E-state index in [0.29, 0.717) is 12.8 Å². The lowest BCUT2D eigenvalue weighted by Crippen LogP contribution is -2.44. The summed E-state index contributed by atoms with van der Waals surface area (Å²) in [5.41, 5.74) is 2.95. The van der Waals surface area contributed by atoms with Crippen molar-refractivity contribution in [1.29, 1.82) is 0 Å². The van der Waals surface area contributed by atoms with Crippen LogP contribution in [0.4, 0.5) is 0 Å². The van der Waals surface area contributed by atoms with Crippen LogP contribution in [-0.2, 0) is 35.5 Å². The molecule has 3 heterocycles. The van der Waals surface area contributed by atoms with Crippen LogP contribution in [0.5, 0.6) is 0 Å². The SMILES string of the molecule is CN1CCN(CCCn2cc(-c3csc(CNC(=O)C4(CC(=O)O)Cc5ccccc5C4)n3)cn2)CC1. The van der Waals surface area contributed by atoms with Gasteiger partial charge in [-0.1, -0.05) is 24.3 Å². The van der Waals surface area contributed by atoms with Gasteiger partial charge in [0.05, 0.1) is 30.3 Å². The van der Waals surface area contributed by atoms with Crippen LogP contribution in [0, 0.1) is 5.41 Å². The lowest BCUT2D eigenvalue weighted by atomic mass is 9.80. The summed E-state index contributed by atoms with van der Waals surface area (Å²) in [6, 6.07) is 7.82. The number of carbonyl (C=O) groups is 2. The summed E-state index contributed by atoms with van der Waals surface area (Å²) in [6.07, 6.45) is 5.62. The molecule has 0 unspecified atom stereocenters. The number of aryl methyl sites for hydroxylation is 1. The summed E-state index contributed by atoms with van der Waals surface area (Å²) in [5, 5.41) is 19.8. The van der Waals surface area contributed by atoms with Gasteiger partial charge in [0.25, 0.3) is 0 Å². The topological polar surface area (TPSA) is 104 Å². The zero-order valence-corrected chi connectivity index (χ0v) is 22.0. The minimum Gasteiger partial charge on any atom is -0.481 e. The fourth-order valence-electron chi connectivity index (χ4n) is 5.36. The maximum Gasteiger partial charge on any atom is 0.304 e. The Kier molecular flexibility index (Phi) is 7.68. The predicted octanol–water partition coefficient (Wildman–Crippen LogP) is 2.52. The molecule has 9 nitrogen and oxygen atoms in total. The number of nitrogens with zero attached hydrogens (tertiary/aromatic N) is 5. The Morgan fingerprint density at radius 2 is 1.84 bits per heavy atom. The molecule has 0 bridgehead atoms. The largest absolute Gasteiger partial charge is 0.481 e. The van der Waals surface area contributed by atoms with E-state index in [1.54, 1.807) is 0 Å². The average molecular weight is 523 g/mol. The summed E-state index contributed by atoms with van der Waals surface area (Å²) < 4.78 is 1.97. The summed E-state index contributed by atoms with van der Waals surface area (Å²) in [7, 11) is 2.17. The van der Waals surface area contributed by atoms with E-state index in [1.165, 1.54) is 11.3 Å². The molecule has 0 spiro atoms. The highest BCUT2D eigenvalue weighted by Gasteiger charge is 2.45. The van der Waals surface area contributed by atoms with Crippen molar-refractivity contribution in [2.45, 2.75) is 38.8 Å². The van der Waals surface area contributed by atoms with Gasteiger partial charge in [-0.05, 0) is 44.0 Å². The second-order valence-electron chi connectivity index (χ2n) is 10.3. The molecule has 5 rings (SSSR count). The molecule has 0 saturated carbocycles. The third-order valence-electron chi connectivity index (χ3n) is 7.49. The van der Waals surface area contributed by atoms with E-state index in [-0.39, 0.29) is 18.9 Å². The van der Waals surface area contributed by atoms with E-state index in [2.05, 4.69) is 27.3 Å². The van der Waals surface area contributed by atoms with Gasteiger partial charge >= 0.3 is 5.97 Å². The van der Waals surface area contributed by atoms with Crippen LogP contribution in [0.1, 0.15) is 29.0 Å². The van der Waals surface area contributed by atoms with Crippen LogP contribution < -0.4 is 5.32 Å². The number of hydrogen-bond donors (Lipinski definition) is 2. The van der Waals surface area contributed by atoms with Gasteiger partial charge in [-0.15, -0.1) is 11.3 Å². The Morgan fingerprint density at radius 1 is 1.11 bits per heavy atom. The lowest BCUT2D eigenvalue weighted by Gasteiger charge is -2.32. The molecule has 196 valence electrons. The van der Waals surface area contributed by atoms with Gasteiger partial charge in [-0.25, -0.2) is 4.98 Å². The third kappa shape index (κ3) is 6.08. The van der Waals surface area contributed by atoms with Gasteiger partial charge in [0.2, 0.25) is 5.91 Å². The number of carboxylic acid groups (broad SMARTS) is 1. The standard InChI is InChI=1S/C27H34N6O3S/c1-31-9-11-32(12-10-31)7-4-8-33-18-22(16-29-33)23-19-37-24(30-23)17-28-26(36)27(15-25(34)35)13-20-5-2-3-6-21(20)14-27/h2-3,5-6,16,18-19H,4,7-15,17H2,1H3,(H,28,36)(H,34,35). The summed E-state index contributed by atoms with van der Waals surface area (Å²) >= 11 is 1.49. The van der Waals surface area contributed by atoms with Crippen LogP contribution in [0.15, 0.2) is 42.0 Å². The van der Waals surface area contributed by atoms with Crippen molar-refractivity contribution >= 4 is 23.2 Å². The van der Waals surface area contributed by atoms with Crippen molar-refractivity contribution in [3.63, 3.8) is 0 Å². The van der Waals surface area contributed by atoms with Gasteiger partial charge in [0.15, 0.2) is 0 Å².